The monoisotopic (exact) mass is 527 g/mol. The van der Waals surface area contributed by atoms with E-state index >= 15 is 0 Å². The molecule has 204 valence electrons. The molecule has 2 aliphatic rings. The van der Waals surface area contributed by atoms with E-state index in [0.29, 0.717) is 36.0 Å². The van der Waals surface area contributed by atoms with Crippen molar-refractivity contribution in [3.63, 3.8) is 0 Å². The van der Waals surface area contributed by atoms with Crippen LogP contribution < -0.4 is 9.64 Å². The van der Waals surface area contributed by atoms with Gasteiger partial charge in [0, 0.05) is 67.9 Å². The number of aromatic hydroxyl groups is 2. The molecule has 0 radical (unpaired) electrons. The fourth-order valence-corrected chi connectivity index (χ4v) is 5.92. The number of alkyl halides is 2. The maximum atomic E-state index is 13.6. The van der Waals surface area contributed by atoms with Crippen molar-refractivity contribution in [2.24, 2.45) is 0 Å². The van der Waals surface area contributed by atoms with Gasteiger partial charge in [-0.3, -0.25) is 0 Å². The number of phenols is 2. The number of halogens is 2. The van der Waals surface area contributed by atoms with Crippen LogP contribution in [0.5, 0.6) is 23.0 Å². The van der Waals surface area contributed by atoms with E-state index in [1.54, 1.807) is 6.07 Å². The maximum Gasteiger partial charge on any atom is 0.248 e. The predicted molar refractivity (Wildman–Crippen MR) is 141 cm³/mol. The molecule has 38 heavy (non-hydrogen) atoms. The van der Waals surface area contributed by atoms with Crippen molar-refractivity contribution in [1.29, 1.82) is 0 Å². The Morgan fingerprint density at radius 2 is 1.71 bits per heavy atom. The third-order valence-electron chi connectivity index (χ3n) is 7.76. The van der Waals surface area contributed by atoms with E-state index in [-0.39, 0.29) is 42.2 Å². The highest BCUT2D eigenvalue weighted by atomic mass is 19.3. The Balaban J connectivity index is 1.27. The minimum Gasteiger partial charge on any atom is -0.508 e. The van der Waals surface area contributed by atoms with E-state index in [1.165, 1.54) is 18.3 Å². The molecule has 0 spiro atoms. The topological polar surface area (TPSA) is 82.2 Å². The SMILES string of the molecule is CC(C)N(c1ccc(Oc2cc(O)cc(O)c2-c2ccno2)cc1)C1CCN(C2CCC(F)(F)CC2)CC1. The van der Waals surface area contributed by atoms with Crippen LogP contribution in [0.4, 0.5) is 14.5 Å². The van der Waals surface area contributed by atoms with Crippen molar-refractivity contribution in [1.82, 2.24) is 10.1 Å². The van der Waals surface area contributed by atoms with Crippen molar-refractivity contribution in [2.45, 2.75) is 76.4 Å². The average molecular weight is 528 g/mol. The van der Waals surface area contributed by atoms with Gasteiger partial charge >= 0.3 is 0 Å². The zero-order valence-corrected chi connectivity index (χ0v) is 21.8. The molecule has 2 heterocycles. The molecular weight excluding hydrogens is 492 g/mol. The molecule has 3 aromatic rings. The maximum absolute atomic E-state index is 13.6. The Hall–Kier alpha value is -3.33. The molecule has 0 unspecified atom stereocenters. The lowest BCUT2D eigenvalue weighted by Gasteiger charge is -2.45. The predicted octanol–water partition coefficient (Wildman–Crippen LogP) is 6.80. The Labute approximate surface area is 221 Å². The largest absolute Gasteiger partial charge is 0.508 e. The van der Waals surface area contributed by atoms with E-state index in [1.807, 2.05) is 24.3 Å². The van der Waals surface area contributed by atoms with Gasteiger partial charge in [-0.1, -0.05) is 5.16 Å². The Morgan fingerprint density at radius 3 is 2.32 bits per heavy atom. The molecule has 1 aliphatic carbocycles. The van der Waals surface area contributed by atoms with E-state index in [9.17, 15) is 19.0 Å². The van der Waals surface area contributed by atoms with Gasteiger partial charge in [-0.25, -0.2) is 8.78 Å². The lowest BCUT2D eigenvalue weighted by Crippen LogP contribution is -2.51. The molecule has 0 amide bonds. The van der Waals surface area contributed by atoms with Gasteiger partial charge in [0.05, 0.1) is 6.20 Å². The number of benzene rings is 2. The molecule has 0 atom stereocenters. The number of rotatable bonds is 7. The third-order valence-corrected chi connectivity index (χ3v) is 7.76. The first-order valence-electron chi connectivity index (χ1n) is 13.4. The van der Waals surface area contributed by atoms with Crippen molar-refractivity contribution < 1.29 is 28.3 Å². The minimum absolute atomic E-state index is 0.00619. The molecular formula is C29H35F2N3O4. The molecule has 2 fully saturated rings. The van der Waals surface area contributed by atoms with Crippen LogP contribution in [0.3, 0.4) is 0 Å². The van der Waals surface area contributed by atoms with Crippen molar-refractivity contribution in [2.75, 3.05) is 18.0 Å². The van der Waals surface area contributed by atoms with Crippen molar-refractivity contribution >= 4 is 5.69 Å². The molecule has 2 N–H and O–H groups in total. The van der Waals surface area contributed by atoms with Crippen LogP contribution in [0, 0.1) is 0 Å². The summed E-state index contributed by atoms with van der Waals surface area (Å²) in [4.78, 5) is 4.84. The van der Waals surface area contributed by atoms with Crippen LogP contribution in [-0.4, -0.2) is 57.4 Å². The van der Waals surface area contributed by atoms with Gasteiger partial charge in [0.1, 0.15) is 28.6 Å². The summed E-state index contributed by atoms with van der Waals surface area (Å²) < 4.78 is 38.4. The summed E-state index contributed by atoms with van der Waals surface area (Å²) in [6.45, 7) is 6.21. The molecule has 1 saturated heterocycles. The second-order valence-corrected chi connectivity index (χ2v) is 10.7. The van der Waals surface area contributed by atoms with Crippen LogP contribution in [0.15, 0.2) is 53.2 Å². The summed E-state index contributed by atoms with van der Waals surface area (Å²) in [7, 11) is 0. The number of aromatic nitrogens is 1. The Morgan fingerprint density at radius 1 is 1.03 bits per heavy atom. The molecule has 2 aromatic carbocycles. The zero-order valence-electron chi connectivity index (χ0n) is 21.8. The standard InChI is InChI=1S/C29H35F2N3O4/c1-19(2)34(22-10-15-33(16-11-22)20-7-12-29(30,31)13-8-20)21-3-5-24(6-4-21)37-27-18-23(35)17-25(36)28(27)26-9-14-32-38-26/h3-6,9,14,17-20,22,35-36H,7-8,10-13,15-16H2,1-2H3. The van der Waals surface area contributed by atoms with Gasteiger partial charge in [0.25, 0.3) is 0 Å². The van der Waals surface area contributed by atoms with Crippen LogP contribution in [0.2, 0.25) is 0 Å². The number of ether oxygens (including phenoxy) is 1. The lowest BCUT2D eigenvalue weighted by atomic mass is 9.89. The van der Waals surface area contributed by atoms with Crippen LogP contribution in [0.25, 0.3) is 11.3 Å². The number of likely N-dealkylation sites (tertiary alicyclic amines) is 1. The fraction of sp³-hybridized carbons (Fsp3) is 0.483. The summed E-state index contributed by atoms with van der Waals surface area (Å²) >= 11 is 0. The number of piperidine rings is 1. The van der Waals surface area contributed by atoms with E-state index in [0.717, 1.165) is 31.6 Å². The molecule has 0 bridgehead atoms. The van der Waals surface area contributed by atoms with Gasteiger partial charge in [0.15, 0.2) is 5.76 Å². The first-order valence-corrected chi connectivity index (χ1v) is 13.4. The van der Waals surface area contributed by atoms with Gasteiger partial charge in [-0.15, -0.1) is 0 Å². The number of phenolic OH excluding ortho intramolecular Hbond substituents is 2. The molecule has 9 heteroatoms. The lowest BCUT2D eigenvalue weighted by molar-refractivity contribution is -0.0559. The Bertz CT molecular complexity index is 1200. The van der Waals surface area contributed by atoms with Crippen molar-refractivity contribution in [3.8, 4) is 34.3 Å². The number of anilines is 1. The van der Waals surface area contributed by atoms with Gasteiger partial charge in [0.2, 0.25) is 5.92 Å². The molecule has 1 aliphatic heterocycles. The highest BCUT2D eigenvalue weighted by molar-refractivity contribution is 5.74. The fourth-order valence-electron chi connectivity index (χ4n) is 5.92. The second kappa shape index (κ2) is 10.8. The summed E-state index contributed by atoms with van der Waals surface area (Å²) in [5.41, 5.74) is 1.39. The summed E-state index contributed by atoms with van der Waals surface area (Å²) in [5.74, 6) is -1.66. The zero-order chi connectivity index (χ0) is 26.9. The van der Waals surface area contributed by atoms with E-state index < -0.39 is 5.92 Å². The number of nitrogens with zero attached hydrogens (tertiary/aromatic N) is 3. The smallest absolute Gasteiger partial charge is 0.248 e. The normalized spacial score (nSPS) is 19.1. The minimum atomic E-state index is -2.49. The second-order valence-electron chi connectivity index (χ2n) is 10.7. The first-order chi connectivity index (χ1) is 18.2. The third kappa shape index (κ3) is 5.72. The van der Waals surface area contributed by atoms with Crippen molar-refractivity contribution in [3.05, 3.63) is 48.7 Å². The van der Waals surface area contributed by atoms with E-state index in [4.69, 9.17) is 9.26 Å². The van der Waals surface area contributed by atoms with Gasteiger partial charge in [-0.2, -0.15) is 0 Å². The van der Waals surface area contributed by atoms with Gasteiger partial charge in [-0.05, 0) is 63.8 Å². The van der Waals surface area contributed by atoms with E-state index in [2.05, 4.69) is 28.8 Å². The average Bonchev–Trinajstić information content (AvgIpc) is 3.40. The van der Waals surface area contributed by atoms with Crippen LogP contribution in [0.1, 0.15) is 52.4 Å². The summed E-state index contributed by atoms with van der Waals surface area (Å²) in [5, 5.41) is 24.1. The Kier molecular flexibility index (Phi) is 7.47. The van der Waals surface area contributed by atoms with Crippen LogP contribution >= 0.6 is 0 Å². The molecule has 7 nitrogen and oxygen atoms in total. The van der Waals surface area contributed by atoms with Crippen LogP contribution in [-0.2, 0) is 0 Å². The first kappa shape index (κ1) is 26.3. The highest BCUT2D eigenvalue weighted by Gasteiger charge is 2.38. The highest BCUT2D eigenvalue weighted by Crippen LogP contribution is 2.43. The van der Waals surface area contributed by atoms with Gasteiger partial charge < -0.3 is 29.3 Å². The number of hydrogen-bond donors (Lipinski definition) is 2. The molecule has 5 rings (SSSR count). The molecule has 1 aromatic heterocycles. The summed E-state index contributed by atoms with van der Waals surface area (Å²) in [6.07, 6.45) is 4.64. The molecule has 1 saturated carbocycles. The summed E-state index contributed by atoms with van der Waals surface area (Å²) in [6, 6.07) is 13.0. The number of hydrogen-bond acceptors (Lipinski definition) is 7. The quantitative estimate of drug-likeness (QED) is 0.350.